The van der Waals surface area contributed by atoms with Gasteiger partial charge in [-0.2, -0.15) is 0 Å². The summed E-state index contributed by atoms with van der Waals surface area (Å²) in [5.41, 5.74) is 1.19. The lowest BCUT2D eigenvalue weighted by atomic mass is 10.1. The molecule has 2 heteroatoms. The summed E-state index contributed by atoms with van der Waals surface area (Å²) in [5, 5.41) is 0. The maximum absolute atomic E-state index is 4.10. The highest BCUT2D eigenvalue weighted by atomic mass is 14.8. The third kappa shape index (κ3) is 2.33. The molecule has 0 amide bonds. The minimum atomic E-state index is 0.148. The average Bonchev–Trinajstić information content (AvgIpc) is 2.15. The molecule has 0 aliphatic carbocycles. The smallest absolute Gasteiger partial charge is 0.0895 e. The van der Waals surface area contributed by atoms with Gasteiger partial charge in [0, 0.05) is 7.05 Å². The zero-order valence-corrected chi connectivity index (χ0v) is 7.36. The predicted octanol–water partition coefficient (Wildman–Crippen LogP) is 2.55. The first-order chi connectivity index (χ1) is 5.84. The summed E-state index contributed by atoms with van der Waals surface area (Å²) in [5.74, 6) is 0. The summed E-state index contributed by atoms with van der Waals surface area (Å²) in [7, 11) is 1.67. The highest BCUT2D eigenvalue weighted by Crippen LogP contribution is 2.14. The molecule has 1 aromatic carbocycles. The highest BCUT2D eigenvalue weighted by Gasteiger charge is 1.99. The van der Waals surface area contributed by atoms with Crippen molar-refractivity contribution < 1.29 is 0 Å². The fourth-order valence-corrected chi connectivity index (χ4v) is 0.950. The Hall–Kier alpha value is -1.40. The normalized spacial score (nSPS) is 11.5. The fourth-order valence-electron chi connectivity index (χ4n) is 0.950. The van der Waals surface area contributed by atoms with Crippen LogP contribution in [0.15, 0.2) is 40.3 Å². The Labute approximate surface area is 72.7 Å². The standard InChI is InChI=1S/C10H12N2/c1-9(12-8-11-2)10-6-4-3-5-7-10/h3-7,9H,1-2H3. The van der Waals surface area contributed by atoms with Gasteiger partial charge in [0.25, 0.3) is 0 Å². The quantitative estimate of drug-likeness (QED) is 0.594. The van der Waals surface area contributed by atoms with Crippen molar-refractivity contribution in [1.29, 1.82) is 0 Å². The molecule has 0 radical (unpaired) electrons. The second-order valence-corrected chi connectivity index (χ2v) is 2.54. The number of rotatable bonds is 2. The molecule has 0 N–H and O–H groups in total. The third-order valence-electron chi connectivity index (χ3n) is 1.63. The van der Waals surface area contributed by atoms with E-state index >= 15 is 0 Å². The lowest BCUT2D eigenvalue weighted by molar-refractivity contribution is 0.825. The van der Waals surface area contributed by atoms with E-state index in [9.17, 15) is 0 Å². The van der Waals surface area contributed by atoms with Gasteiger partial charge in [-0.3, -0.25) is 0 Å². The molecular formula is C10H12N2. The van der Waals surface area contributed by atoms with Crippen molar-refractivity contribution in [2.75, 3.05) is 7.05 Å². The van der Waals surface area contributed by atoms with Crippen molar-refractivity contribution in [1.82, 2.24) is 0 Å². The molecule has 1 atom stereocenters. The molecule has 12 heavy (non-hydrogen) atoms. The van der Waals surface area contributed by atoms with Crippen molar-refractivity contribution in [3.63, 3.8) is 0 Å². The second-order valence-electron chi connectivity index (χ2n) is 2.54. The zero-order chi connectivity index (χ0) is 8.81. The summed E-state index contributed by atoms with van der Waals surface area (Å²) in [6, 6.07) is 12.8. The summed E-state index contributed by atoms with van der Waals surface area (Å²) < 4.78 is 0. The summed E-state index contributed by atoms with van der Waals surface area (Å²) in [6.45, 7) is 2.02. The average molecular weight is 160 g/mol. The van der Waals surface area contributed by atoms with E-state index in [0.717, 1.165) is 0 Å². The van der Waals surface area contributed by atoms with E-state index < -0.39 is 0 Å². The van der Waals surface area contributed by atoms with Gasteiger partial charge in [-0.1, -0.05) is 30.3 Å². The van der Waals surface area contributed by atoms with Crippen LogP contribution in [0.4, 0.5) is 0 Å². The molecule has 0 aliphatic rings. The molecule has 0 heterocycles. The number of hydrogen-bond acceptors (Lipinski definition) is 2. The largest absolute Gasteiger partial charge is 0.229 e. The lowest BCUT2D eigenvalue weighted by Gasteiger charge is -2.02. The monoisotopic (exact) mass is 160 g/mol. The van der Waals surface area contributed by atoms with Crippen LogP contribution in [0.5, 0.6) is 0 Å². The van der Waals surface area contributed by atoms with Gasteiger partial charge in [0.05, 0.1) is 12.1 Å². The maximum atomic E-state index is 4.10. The van der Waals surface area contributed by atoms with E-state index in [1.807, 2.05) is 37.3 Å². The van der Waals surface area contributed by atoms with Crippen LogP contribution in [0, 0.1) is 0 Å². The lowest BCUT2D eigenvalue weighted by Crippen LogP contribution is -1.87. The van der Waals surface area contributed by atoms with Gasteiger partial charge in [0.2, 0.25) is 0 Å². The summed E-state index contributed by atoms with van der Waals surface area (Å²) in [4.78, 5) is 7.78. The Kier molecular flexibility index (Phi) is 3.24. The van der Waals surface area contributed by atoms with Gasteiger partial charge >= 0.3 is 0 Å². The molecule has 2 nitrogen and oxygen atoms in total. The Bertz CT molecular complexity index is 284. The van der Waals surface area contributed by atoms with Crippen LogP contribution >= 0.6 is 0 Å². The van der Waals surface area contributed by atoms with Gasteiger partial charge in [0.15, 0.2) is 0 Å². The summed E-state index contributed by atoms with van der Waals surface area (Å²) in [6.07, 6.45) is 0. The van der Waals surface area contributed by atoms with Crippen molar-refractivity contribution >= 4 is 6.01 Å². The first-order valence-corrected chi connectivity index (χ1v) is 3.93. The Morgan fingerprint density at radius 3 is 2.50 bits per heavy atom. The molecule has 1 rings (SSSR count). The molecule has 0 saturated carbocycles. The van der Waals surface area contributed by atoms with E-state index in [4.69, 9.17) is 0 Å². The Morgan fingerprint density at radius 2 is 1.92 bits per heavy atom. The fraction of sp³-hybridized carbons (Fsp3) is 0.300. The molecular weight excluding hydrogens is 148 g/mol. The van der Waals surface area contributed by atoms with Gasteiger partial charge in [-0.15, -0.1) is 0 Å². The van der Waals surface area contributed by atoms with Crippen molar-refractivity contribution in [3.8, 4) is 0 Å². The maximum Gasteiger partial charge on any atom is 0.0895 e. The van der Waals surface area contributed by atoms with E-state index in [1.165, 1.54) is 5.56 Å². The molecule has 0 saturated heterocycles. The Balaban J connectivity index is 2.79. The number of hydrogen-bond donors (Lipinski definition) is 0. The topological polar surface area (TPSA) is 24.7 Å². The van der Waals surface area contributed by atoms with Gasteiger partial charge in [-0.05, 0) is 12.5 Å². The summed E-state index contributed by atoms with van der Waals surface area (Å²) >= 11 is 0. The van der Waals surface area contributed by atoms with E-state index in [0.29, 0.717) is 0 Å². The van der Waals surface area contributed by atoms with Crippen LogP contribution in [0.3, 0.4) is 0 Å². The number of nitrogens with zero attached hydrogens (tertiary/aromatic N) is 2. The van der Waals surface area contributed by atoms with Crippen molar-refractivity contribution in [2.24, 2.45) is 9.98 Å². The molecule has 1 aromatic rings. The Morgan fingerprint density at radius 1 is 1.25 bits per heavy atom. The molecule has 0 spiro atoms. The van der Waals surface area contributed by atoms with E-state index in [1.54, 1.807) is 7.05 Å². The number of benzene rings is 1. The van der Waals surface area contributed by atoms with Gasteiger partial charge in [0.1, 0.15) is 0 Å². The van der Waals surface area contributed by atoms with E-state index in [2.05, 4.69) is 16.0 Å². The minimum Gasteiger partial charge on any atom is -0.229 e. The number of aliphatic imine (C=N–C) groups is 2. The molecule has 0 aliphatic heterocycles. The highest BCUT2D eigenvalue weighted by molar-refractivity contribution is 5.42. The second kappa shape index (κ2) is 4.47. The van der Waals surface area contributed by atoms with Gasteiger partial charge < -0.3 is 0 Å². The van der Waals surface area contributed by atoms with Crippen LogP contribution in [-0.4, -0.2) is 13.1 Å². The first kappa shape index (κ1) is 8.69. The zero-order valence-electron chi connectivity index (χ0n) is 7.36. The van der Waals surface area contributed by atoms with Crippen LogP contribution in [0.25, 0.3) is 0 Å². The predicted molar refractivity (Wildman–Crippen MR) is 50.6 cm³/mol. The molecule has 1 unspecified atom stereocenters. The minimum absolute atomic E-state index is 0.148. The van der Waals surface area contributed by atoms with E-state index in [-0.39, 0.29) is 6.04 Å². The molecule has 0 bridgehead atoms. The third-order valence-corrected chi connectivity index (χ3v) is 1.63. The van der Waals surface area contributed by atoms with Crippen molar-refractivity contribution in [3.05, 3.63) is 35.9 Å². The first-order valence-electron chi connectivity index (χ1n) is 3.93. The van der Waals surface area contributed by atoms with Gasteiger partial charge in [-0.25, -0.2) is 9.98 Å². The molecule has 62 valence electrons. The van der Waals surface area contributed by atoms with Crippen LogP contribution in [0.2, 0.25) is 0 Å². The van der Waals surface area contributed by atoms with Crippen LogP contribution in [0.1, 0.15) is 18.5 Å². The SMILES string of the molecule is CN=C=NC(C)c1ccccc1. The van der Waals surface area contributed by atoms with Crippen molar-refractivity contribution in [2.45, 2.75) is 13.0 Å². The van der Waals surface area contributed by atoms with Crippen LogP contribution < -0.4 is 0 Å². The molecule has 0 fully saturated rings. The van der Waals surface area contributed by atoms with Crippen LogP contribution in [-0.2, 0) is 0 Å². The molecule has 0 aromatic heterocycles.